The van der Waals surface area contributed by atoms with Crippen LogP contribution in [0.15, 0.2) is 29.7 Å². The molecule has 0 fully saturated rings. The molecule has 0 aliphatic rings. The lowest BCUT2D eigenvalue weighted by Crippen LogP contribution is -2.19. The van der Waals surface area contributed by atoms with Gasteiger partial charge < -0.3 is 5.32 Å². The lowest BCUT2D eigenvalue weighted by atomic mass is 10.1. The molecule has 2 aromatic rings. The Labute approximate surface area is 130 Å². The van der Waals surface area contributed by atoms with Crippen molar-refractivity contribution < 1.29 is 4.21 Å². The van der Waals surface area contributed by atoms with E-state index in [-0.39, 0.29) is 16.5 Å². The van der Waals surface area contributed by atoms with Gasteiger partial charge in [0.1, 0.15) is 0 Å². The van der Waals surface area contributed by atoms with Crippen LogP contribution in [0, 0.1) is 0 Å². The molecule has 0 aromatic carbocycles. The smallest absolute Gasteiger partial charge is 0.228 e. The minimum Gasteiger partial charge on any atom is -0.352 e. The number of aryl methyl sites for hydroxylation is 1. The maximum atomic E-state index is 11.4. The Bertz CT molecular complexity index is 625. The Hall–Kier alpha value is -1.60. The number of hydrogen-bond donors (Lipinski definition) is 1. The van der Waals surface area contributed by atoms with Crippen LogP contribution in [-0.2, 0) is 17.2 Å². The summed E-state index contributed by atoms with van der Waals surface area (Å²) < 4.78 is 11.4. The highest BCUT2D eigenvalue weighted by Gasteiger charge is 2.10. The number of nitrogens with zero attached hydrogens (tertiary/aromatic N) is 4. The first-order valence-corrected chi connectivity index (χ1v) is 8.38. The van der Waals surface area contributed by atoms with Crippen molar-refractivity contribution in [2.24, 2.45) is 0 Å². The SMILES string of the molecule is CC(CCc1ccncc1)Nc1nc(Cl)nc(S(C)=O)n1. The van der Waals surface area contributed by atoms with E-state index in [1.165, 1.54) is 11.8 Å². The highest BCUT2D eigenvalue weighted by atomic mass is 35.5. The van der Waals surface area contributed by atoms with Gasteiger partial charge in [0.05, 0.1) is 10.8 Å². The van der Waals surface area contributed by atoms with Gasteiger partial charge in [-0.1, -0.05) is 0 Å². The monoisotopic (exact) mass is 325 g/mol. The van der Waals surface area contributed by atoms with E-state index in [0.717, 1.165) is 12.8 Å². The topological polar surface area (TPSA) is 80.7 Å². The predicted molar refractivity (Wildman–Crippen MR) is 82.8 cm³/mol. The van der Waals surface area contributed by atoms with E-state index in [1.807, 2.05) is 19.1 Å². The third kappa shape index (κ3) is 5.02. The fraction of sp³-hybridized carbons (Fsp3) is 0.385. The zero-order valence-corrected chi connectivity index (χ0v) is 13.4. The molecule has 0 radical (unpaired) electrons. The summed E-state index contributed by atoms with van der Waals surface area (Å²) in [5.74, 6) is 0.349. The number of anilines is 1. The summed E-state index contributed by atoms with van der Waals surface area (Å²) in [5, 5.41) is 3.37. The summed E-state index contributed by atoms with van der Waals surface area (Å²) in [7, 11) is -1.29. The molecule has 21 heavy (non-hydrogen) atoms. The number of halogens is 1. The molecule has 0 bridgehead atoms. The van der Waals surface area contributed by atoms with Crippen LogP contribution in [0.5, 0.6) is 0 Å². The number of pyridine rings is 1. The van der Waals surface area contributed by atoms with E-state index in [4.69, 9.17) is 11.6 Å². The van der Waals surface area contributed by atoms with Crippen molar-refractivity contribution in [2.45, 2.75) is 31.0 Å². The molecular formula is C13H16ClN5OS. The van der Waals surface area contributed by atoms with E-state index in [0.29, 0.717) is 5.95 Å². The Morgan fingerprint density at radius 3 is 2.67 bits per heavy atom. The molecule has 0 aliphatic heterocycles. The number of aromatic nitrogens is 4. The lowest BCUT2D eigenvalue weighted by molar-refractivity contribution is 0.673. The second-order valence-electron chi connectivity index (χ2n) is 4.60. The third-order valence-corrected chi connectivity index (χ3v) is 3.70. The fourth-order valence-corrected chi connectivity index (χ4v) is 2.39. The fourth-order valence-electron chi connectivity index (χ4n) is 1.75. The Kier molecular flexibility index (Phi) is 5.58. The first-order chi connectivity index (χ1) is 10.0. The summed E-state index contributed by atoms with van der Waals surface area (Å²) in [6.45, 7) is 2.03. The highest BCUT2D eigenvalue weighted by molar-refractivity contribution is 7.84. The van der Waals surface area contributed by atoms with Gasteiger partial charge in [0.2, 0.25) is 16.4 Å². The van der Waals surface area contributed by atoms with E-state index in [2.05, 4.69) is 25.3 Å². The number of rotatable bonds is 6. The van der Waals surface area contributed by atoms with Crippen LogP contribution in [0.1, 0.15) is 18.9 Å². The summed E-state index contributed by atoms with van der Waals surface area (Å²) in [6.07, 6.45) is 6.88. The molecule has 2 rings (SSSR count). The molecule has 6 nitrogen and oxygen atoms in total. The van der Waals surface area contributed by atoms with Gasteiger partial charge in [0.25, 0.3) is 0 Å². The van der Waals surface area contributed by atoms with E-state index >= 15 is 0 Å². The average molecular weight is 326 g/mol. The van der Waals surface area contributed by atoms with Crippen molar-refractivity contribution in [3.8, 4) is 0 Å². The normalized spacial score (nSPS) is 13.7. The summed E-state index contributed by atoms with van der Waals surface area (Å²) >= 11 is 5.81. The molecular weight excluding hydrogens is 310 g/mol. The molecule has 2 atom stereocenters. The van der Waals surface area contributed by atoms with Crippen molar-refractivity contribution in [3.05, 3.63) is 35.4 Å². The molecule has 0 spiro atoms. The van der Waals surface area contributed by atoms with Crippen molar-refractivity contribution >= 4 is 28.3 Å². The molecule has 0 saturated heterocycles. The number of nitrogens with one attached hydrogen (secondary N) is 1. The van der Waals surface area contributed by atoms with E-state index in [9.17, 15) is 4.21 Å². The maximum Gasteiger partial charge on any atom is 0.228 e. The first-order valence-electron chi connectivity index (χ1n) is 6.45. The third-order valence-electron chi connectivity index (χ3n) is 2.84. The predicted octanol–water partition coefficient (Wildman–Crippen LogP) is 2.09. The van der Waals surface area contributed by atoms with E-state index in [1.54, 1.807) is 12.4 Å². The summed E-state index contributed by atoms with van der Waals surface area (Å²) in [6, 6.07) is 4.13. The zero-order chi connectivity index (χ0) is 15.2. The molecule has 112 valence electrons. The van der Waals surface area contributed by atoms with Crippen LogP contribution < -0.4 is 5.32 Å². The van der Waals surface area contributed by atoms with E-state index < -0.39 is 10.8 Å². The summed E-state index contributed by atoms with van der Waals surface area (Å²) in [4.78, 5) is 15.9. The van der Waals surface area contributed by atoms with Crippen LogP contribution in [0.2, 0.25) is 5.28 Å². The molecule has 2 heterocycles. The molecule has 0 amide bonds. The van der Waals surface area contributed by atoms with Crippen LogP contribution >= 0.6 is 11.6 Å². The highest BCUT2D eigenvalue weighted by Crippen LogP contribution is 2.11. The largest absolute Gasteiger partial charge is 0.352 e. The van der Waals surface area contributed by atoms with Crippen LogP contribution in [0.25, 0.3) is 0 Å². The van der Waals surface area contributed by atoms with Gasteiger partial charge in [-0.25, -0.2) is 0 Å². The first kappa shape index (κ1) is 15.8. The van der Waals surface area contributed by atoms with Crippen molar-refractivity contribution in [2.75, 3.05) is 11.6 Å². The standard InChI is InChI=1S/C13H16ClN5OS/c1-9(3-4-10-5-7-15-8-6-10)16-12-17-11(14)18-13(19-12)21(2)20/h5-9H,3-4H2,1-2H3,(H,16,17,18,19). The van der Waals surface area contributed by atoms with Gasteiger partial charge in [-0.2, -0.15) is 15.0 Å². The molecule has 2 aromatic heterocycles. The van der Waals surface area contributed by atoms with Crippen molar-refractivity contribution in [3.63, 3.8) is 0 Å². The minimum atomic E-state index is -1.29. The minimum absolute atomic E-state index is 0.0408. The average Bonchev–Trinajstić information content (AvgIpc) is 2.45. The number of hydrogen-bond acceptors (Lipinski definition) is 6. The molecule has 0 aliphatic carbocycles. The van der Waals surface area contributed by atoms with Gasteiger partial charge in [-0.3, -0.25) is 9.19 Å². The Morgan fingerprint density at radius 1 is 1.29 bits per heavy atom. The zero-order valence-electron chi connectivity index (χ0n) is 11.8. The lowest BCUT2D eigenvalue weighted by Gasteiger charge is -2.14. The van der Waals surface area contributed by atoms with Gasteiger partial charge >= 0.3 is 0 Å². The molecule has 8 heteroatoms. The van der Waals surface area contributed by atoms with Crippen LogP contribution in [0.4, 0.5) is 5.95 Å². The molecule has 0 saturated carbocycles. The van der Waals surface area contributed by atoms with Gasteiger partial charge in [0, 0.05) is 24.7 Å². The second kappa shape index (κ2) is 7.42. The van der Waals surface area contributed by atoms with Crippen molar-refractivity contribution in [1.29, 1.82) is 0 Å². The van der Waals surface area contributed by atoms with Gasteiger partial charge in [-0.15, -0.1) is 0 Å². The Balaban J connectivity index is 1.96. The van der Waals surface area contributed by atoms with Gasteiger partial charge in [0.15, 0.2) is 0 Å². The molecule has 1 N–H and O–H groups in total. The van der Waals surface area contributed by atoms with Gasteiger partial charge in [-0.05, 0) is 49.1 Å². The Morgan fingerprint density at radius 2 is 2.00 bits per heavy atom. The summed E-state index contributed by atoms with van der Waals surface area (Å²) in [5.41, 5.74) is 1.22. The molecule has 2 unspecified atom stereocenters. The maximum absolute atomic E-state index is 11.4. The quantitative estimate of drug-likeness (QED) is 0.876. The van der Waals surface area contributed by atoms with Crippen LogP contribution in [0.3, 0.4) is 0 Å². The second-order valence-corrected chi connectivity index (χ2v) is 6.22. The van der Waals surface area contributed by atoms with Crippen molar-refractivity contribution in [1.82, 2.24) is 19.9 Å². The van der Waals surface area contributed by atoms with Crippen LogP contribution in [-0.4, -0.2) is 36.4 Å².